The number of carboxylic acid groups (broad SMARTS) is 1. The minimum atomic E-state index is -1.22. The van der Waals surface area contributed by atoms with Crippen molar-refractivity contribution in [2.45, 2.75) is 49.1 Å². The van der Waals surface area contributed by atoms with Crippen molar-refractivity contribution in [2.24, 2.45) is 0 Å². The minimum Gasteiger partial charge on any atom is -0.548 e. The maximum atomic E-state index is 12.3. The number of amides is 1. The van der Waals surface area contributed by atoms with Crippen molar-refractivity contribution in [3.05, 3.63) is 30.3 Å². The lowest BCUT2D eigenvalue weighted by Crippen LogP contribution is -2.71. The van der Waals surface area contributed by atoms with Crippen LogP contribution in [0.5, 0.6) is 5.75 Å². The number of carboxylic acids is 1. The maximum Gasteiger partial charge on any atom is 0.246 e. The molecule has 2 fully saturated rings. The van der Waals surface area contributed by atoms with Crippen LogP contribution < -0.4 is 15.3 Å². The van der Waals surface area contributed by atoms with Gasteiger partial charge in [-0.2, -0.15) is 5.48 Å². The Morgan fingerprint density at radius 1 is 1.40 bits per heavy atom. The molecule has 0 saturated carbocycles. The van der Waals surface area contributed by atoms with Crippen LogP contribution in [0.1, 0.15) is 20.8 Å². The topological polar surface area (TPSA) is 90.9 Å². The van der Waals surface area contributed by atoms with E-state index >= 15 is 0 Å². The number of nitrogens with zero attached hydrogens (tertiary/aromatic N) is 1. The van der Waals surface area contributed by atoms with Crippen LogP contribution in [0.15, 0.2) is 30.3 Å². The lowest BCUT2D eigenvalue weighted by molar-refractivity contribution is -0.312. The number of nitrogens with one attached hydrogen (secondary N) is 1. The molecule has 0 bridgehead atoms. The Balaban J connectivity index is 1.49. The highest BCUT2D eigenvalue weighted by Crippen LogP contribution is 2.50. The van der Waals surface area contributed by atoms with E-state index in [4.69, 9.17) is 9.57 Å². The lowest BCUT2D eigenvalue weighted by atomic mass is 9.96. The molecule has 1 aromatic rings. The molecule has 4 unspecified atom stereocenters. The number of rotatable bonds is 7. The molecule has 8 heteroatoms. The van der Waals surface area contributed by atoms with Crippen molar-refractivity contribution in [3.8, 4) is 5.75 Å². The number of para-hydroxylation sites is 1. The van der Waals surface area contributed by atoms with Gasteiger partial charge in [-0.05, 0) is 32.9 Å². The second-order valence-corrected chi connectivity index (χ2v) is 8.50. The van der Waals surface area contributed by atoms with Gasteiger partial charge in [0.2, 0.25) is 5.91 Å². The summed E-state index contributed by atoms with van der Waals surface area (Å²) < 4.78 is 5.09. The van der Waals surface area contributed by atoms with Gasteiger partial charge < -0.3 is 19.5 Å². The molecular weight excluding hydrogens is 344 g/mol. The molecule has 2 aliphatic heterocycles. The third-order valence-corrected chi connectivity index (χ3v) is 5.84. The zero-order chi connectivity index (χ0) is 18.2. The number of hydroxylamine groups is 1. The van der Waals surface area contributed by atoms with Crippen molar-refractivity contribution < 1.29 is 24.3 Å². The number of hydrogen-bond donors (Lipinski definition) is 1. The third-order valence-electron chi connectivity index (χ3n) is 4.27. The molecule has 0 spiro atoms. The molecule has 7 nitrogen and oxygen atoms in total. The molecule has 0 aliphatic carbocycles. The predicted molar refractivity (Wildman–Crippen MR) is 90.5 cm³/mol. The van der Waals surface area contributed by atoms with Crippen LogP contribution in [-0.2, 0) is 14.4 Å². The first kappa shape index (κ1) is 18.0. The van der Waals surface area contributed by atoms with Gasteiger partial charge in [-0.25, -0.2) is 0 Å². The van der Waals surface area contributed by atoms with Gasteiger partial charge in [0.05, 0.1) is 12.0 Å². The summed E-state index contributed by atoms with van der Waals surface area (Å²) in [7, 11) is 0. The second kappa shape index (κ2) is 6.86. The number of β-lactam (4-membered cyclic amide) rings is 1. The van der Waals surface area contributed by atoms with Gasteiger partial charge in [0, 0.05) is 4.75 Å². The number of hydrogen-bond acceptors (Lipinski definition) is 7. The van der Waals surface area contributed by atoms with E-state index in [-0.39, 0.29) is 24.0 Å². The van der Waals surface area contributed by atoms with Crippen LogP contribution in [0.3, 0.4) is 0 Å². The van der Waals surface area contributed by atoms with Crippen molar-refractivity contribution in [1.29, 1.82) is 0 Å². The molecule has 2 aliphatic rings. The first-order valence-electron chi connectivity index (χ1n) is 8.11. The Kier molecular flexibility index (Phi) is 4.95. The van der Waals surface area contributed by atoms with E-state index in [9.17, 15) is 14.7 Å². The zero-order valence-electron chi connectivity index (χ0n) is 14.3. The molecule has 1 N–H and O–H groups in total. The fraction of sp³-hybridized carbons (Fsp3) is 0.529. The SMILES string of the molecule is CC(CONC1C(=O)N2C1SC(C)(C)C2C(=O)[O-])Oc1ccccc1. The minimum absolute atomic E-state index is 0.204. The molecular formula is C17H21N2O5S-. The van der Waals surface area contributed by atoms with E-state index in [0.717, 1.165) is 5.75 Å². The first-order valence-corrected chi connectivity index (χ1v) is 8.99. The van der Waals surface area contributed by atoms with E-state index in [0.29, 0.717) is 0 Å². The number of carbonyl (C=O) groups excluding carboxylic acids is 2. The van der Waals surface area contributed by atoms with Crippen molar-refractivity contribution >= 4 is 23.6 Å². The monoisotopic (exact) mass is 365 g/mol. The number of ether oxygens (including phenoxy) is 1. The van der Waals surface area contributed by atoms with Crippen molar-refractivity contribution in [2.75, 3.05) is 6.61 Å². The summed E-state index contributed by atoms with van der Waals surface area (Å²) in [4.78, 5) is 30.4. The summed E-state index contributed by atoms with van der Waals surface area (Å²) in [5.74, 6) is -0.763. The summed E-state index contributed by atoms with van der Waals surface area (Å²) in [6, 6.07) is 7.91. The van der Waals surface area contributed by atoms with E-state index in [1.807, 2.05) is 37.3 Å². The number of carbonyl (C=O) groups is 2. The standard InChI is InChI=1S/C17H22N2O5S/c1-10(24-11-7-5-4-6-8-11)9-23-18-12-14(20)19-13(16(21)22)17(2,3)25-15(12)19/h4-8,10,12-13,15,18H,9H2,1-3H3,(H,21,22)/p-1. The van der Waals surface area contributed by atoms with Crippen LogP contribution >= 0.6 is 11.8 Å². The average molecular weight is 365 g/mol. The van der Waals surface area contributed by atoms with Crippen molar-refractivity contribution in [3.63, 3.8) is 0 Å². The van der Waals surface area contributed by atoms with Crippen LogP contribution in [0.4, 0.5) is 0 Å². The molecule has 2 saturated heterocycles. The van der Waals surface area contributed by atoms with Gasteiger partial charge in [-0.15, -0.1) is 11.8 Å². The van der Waals surface area contributed by atoms with Gasteiger partial charge in [-0.3, -0.25) is 9.63 Å². The zero-order valence-corrected chi connectivity index (χ0v) is 15.1. The highest BCUT2D eigenvalue weighted by molar-refractivity contribution is 8.01. The summed E-state index contributed by atoms with van der Waals surface area (Å²) >= 11 is 1.44. The highest BCUT2D eigenvalue weighted by atomic mass is 32.2. The Bertz CT molecular complexity index is 654. The van der Waals surface area contributed by atoms with E-state index in [1.165, 1.54) is 16.7 Å². The predicted octanol–water partition coefficient (Wildman–Crippen LogP) is 0.156. The summed E-state index contributed by atoms with van der Waals surface area (Å²) in [6.45, 7) is 5.72. The Labute approximate surface area is 150 Å². The van der Waals surface area contributed by atoms with Gasteiger partial charge >= 0.3 is 0 Å². The molecule has 0 radical (unpaired) electrons. The number of fused-ring (bicyclic) bond motifs is 1. The number of benzene rings is 1. The van der Waals surface area contributed by atoms with Gasteiger partial charge in [0.1, 0.15) is 29.9 Å². The van der Waals surface area contributed by atoms with Crippen LogP contribution in [0, 0.1) is 0 Å². The molecule has 4 atom stereocenters. The molecule has 25 heavy (non-hydrogen) atoms. The van der Waals surface area contributed by atoms with Crippen LogP contribution in [0.2, 0.25) is 0 Å². The number of aliphatic carboxylic acids is 1. The van der Waals surface area contributed by atoms with Gasteiger partial charge in [-0.1, -0.05) is 18.2 Å². The highest BCUT2D eigenvalue weighted by Gasteiger charge is 2.62. The van der Waals surface area contributed by atoms with Crippen molar-refractivity contribution in [1.82, 2.24) is 10.4 Å². The quantitative estimate of drug-likeness (QED) is 0.543. The van der Waals surface area contributed by atoms with E-state index < -0.39 is 22.8 Å². The van der Waals surface area contributed by atoms with E-state index in [1.54, 1.807) is 13.8 Å². The third kappa shape index (κ3) is 3.47. The molecule has 0 aromatic heterocycles. The van der Waals surface area contributed by atoms with Crippen LogP contribution in [0.25, 0.3) is 0 Å². The molecule has 1 amide bonds. The van der Waals surface area contributed by atoms with E-state index in [2.05, 4.69) is 5.48 Å². The summed E-state index contributed by atoms with van der Waals surface area (Å²) in [5.41, 5.74) is 2.75. The lowest BCUT2D eigenvalue weighted by Gasteiger charge is -2.44. The Morgan fingerprint density at radius 3 is 2.72 bits per heavy atom. The average Bonchev–Trinajstić information content (AvgIpc) is 2.80. The summed E-state index contributed by atoms with van der Waals surface area (Å²) in [6.07, 6.45) is -0.204. The molecule has 2 heterocycles. The van der Waals surface area contributed by atoms with Crippen LogP contribution in [-0.4, -0.2) is 51.7 Å². The Hall–Kier alpha value is -1.77. The first-order chi connectivity index (χ1) is 11.8. The molecule has 136 valence electrons. The smallest absolute Gasteiger partial charge is 0.246 e. The van der Waals surface area contributed by atoms with Gasteiger partial charge in [0.15, 0.2) is 0 Å². The molecule has 1 aromatic carbocycles. The molecule has 3 rings (SSSR count). The fourth-order valence-corrected chi connectivity index (χ4v) is 4.73. The Morgan fingerprint density at radius 2 is 2.08 bits per heavy atom. The van der Waals surface area contributed by atoms with Gasteiger partial charge in [0.25, 0.3) is 0 Å². The normalized spacial score (nSPS) is 28.2. The fourth-order valence-electron chi connectivity index (χ4n) is 3.12. The largest absolute Gasteiger partial charge is 0.548 e. The second-order valence-electron chi connectivity index (χ2n) is 6.73. The number of thioether (sulfide) groups is 1. The maximum absolute atomic E-state index is 12.3. The summed E-state index contributed by atoms with van der Waals surface area (Å²) in [5, 5.41) is 11.1.